The van der Waals surface area contributed by atoms with Crippen LogP contribution in [0.15, 0.2) is 36.4 Å². The van der Waals surface area contributed by atoms with E-state index in [0.717, 1.165) is 5.01 Å². The lowest BCUT2D eigenvalue weighted by Crippen LogP contribution is -2.56. The molecule has 3 aromatic carbocycles. The second-order valence-electron chi connectivity index (χ2n) is 10.6. The number of fused-ring (bicyclic) bond motifs is 10. The Bertz CT molecular complexity index is 1940. The highest BCUT2D eigenvalue weighted by molar-refractivity contribution is 6.39. The molecule has 0 aliphatic carbocycles. The monoisotopic (exact) mass is 562 g/mol. The number of benzene rings is 3. The van der Waals surface area contributed by atoms with E-state index >= 15 is 0 Å². The van der Waals surface area contributed by atoms with Crippen molar-refractivity contribution in [3.8, 4) is 11.5 Å². The first kappa shape index (κ1) is 25.7. The summed E-state index contributed by atoms with van der Waals surface area (Å²) in [5, 5.41) is 67.7. The molecule has 0 unspecified atom stereocenters. The van der Waals surface area contributed by atoms with Crippen molar-refractivity contribution in [3.05, 3.63) is 47.5 Å². The number of phenols is 2. The first-order chi connectivity index (χ1) is 19.6. The normalized spacial score (nSPS) is 25.0. The number of hydrazine groups is 1. The number of amides is 2. The van der Waals surface area contributed by atoms with Gasteiger partial charge in [-0.05, 0) is 12.1 Å². The number of imide groups is 1. The SMILES string of the molecule is CN(C)N1C(=O)c2c(c3c4cccc(O)c4n([C@@H]4O[C@H](CO)[C@@H](O)[C@H](O)[C@H]4O)c3c3[nH]c4c(O)cccc4c23)C1=O. The van der Waals surface area contributed by atoms with Gasteiger partial charge in [0, 0.05) is 35.6 Å². The van der Waals surface area contributed by atoms with Crippen LogP contribution >= 0.6 is 0 Å². The highest BCUT2D eigenvalue weighted by Gasteiger charge is 2.47. The average Bonchev–Trinajstić information content (AvgIpc) is 3.57. The number of nitrogens with zero attached hydrogens (tertiary/aromatic N) is 3. The molecule has 1 saturated heterocycles. The van der Waals surface area contributed by atoms with Gasteiger partial charge >= 0.3 is 0 Å². The third-order valence-electron chi connectivity index (χ3n) is 8.14. The Labute approximate surface area is 230 Å². The molecule has 7 rings (SSSR count). The van der Waals surface area contributed by atoms with E-state index in [1.807, 2.05) is 0 Å². The summed E-state index contributed by atoms with van der Waals surface area (Å²) in [4.78, 5) is 31.0. The lowest BCUT2D eigenvalue weighted by molar-refractivity contribution is -0.249. The van der Waals surface area contributed by atoms with Gasteiger partial charge in [-0.3, -0.25) is 9.59 Å². The lowest BCUT2D eigenvalue weighted by atomic mass is 9.96. The van der Waals surface area contributed by atoms with Crippen molar-refractivity contribution in [1.82, 2.24) is 19.6 Å². The molecule has 2 aromatic heterocycles. The fourth-order valence-electron chi connectivity index (χ4n) is 6.38. The van der Waals surface area contributed by atoms with Crippen LogP contribution in [0.2, 0.25) is 0 Å². The van der Waals surface area contributed by atoms with Crippen LogP contribution in [0.3, 0.4) is 0 Å². The maximum Gasteiger partial charge on any atom is 0.277 e. The molecule has 2 aliphatic rings. The predicted octanol–water partition coefficient (Wildman–Crippen LogP) is 0.885. The second kappa shape index (κ2) is 8.63. The van der Waals surface area contributed by atoms with E-state index in [4.69, 9.17) is 4.74 Å². The van der Waals surface area contributed by atoms with Gasteiger partial charge in [0.15, 0.2) is 6.23 Å². The number of hydrogen-bond donors (Lipinski definition) is 7. The number of aromatic hydroxyl groups is 2. The molecule has 2 amide bonds. The van der Waals surface area contributed by atoms with Crippen LogP contribution in [0.1, 0.15) is 26.9 Å². The van der Waals surface area contributed by atoms with E-state index in [1.54, 1.807) is 38.4 Å². The van der Waals surface area contributed by atoms with Gasteiger partial charge < -0.3 is 44.9 Å². The molecule has 0 saturated carbocycles. The van der Waals surface area contributed by atoms with E-state index in [-0.39, 0.29) is 44.6 Å². The summed E-state index contributed by atoms with van der Waals surface area (Å²) in [7, 11) is 3.11. The summed E-state index contributed by atoms with van der Waals surface area (Å²) >= 11 is 0. The quantitative estimate of drug-likeness (QED) is 0.155. The molecule has 13 heteroatoms. The first-order valence-corrected chi connectivity index (χ1v) is 12.9. The molecular formula is C28H26N4O9. The van der Waals surface area contributed by atoms with Crippen molar-refractivity contribution in [1.29, 1.82) is 0 Å². The number of H-pyrrole nitrogens is 1. The zero-order valence-corrected chi connectivity index (χ0v) is 21.8. The topological polar surface area (TPSA) is 192 Å². The Morgan fingerprint density at radius 1 is 0.829 bits per heavy atom. The number of carbonyl (C=O) groups excluding carboxylic acids is 2. The van der Waals surface area contributed by atoms with E-state index in [0.29, 0.717) is 21.7 Å². The number of nitrogens with one attached hydrogen (secondary N) is 1. The van der Waals surface area contributed by atoms with Crippen molar-refractivity contribution in [2.45, 2.75) is 30.6 Å². The van der Waals surface area contributed by atoms with E-state index in [2.05, 4.69) is 4.98 Å². The molecule has 4 heterocycles. The van der Waals surface area contributed by atoms with Gasteiger partial charge in [0.05, 0.1) is 39.8 Å². The van der Waals surface area contributed by atoms with Crippen molar-refractivity contribution in [2.75, 3.05) is 20.7 Å². The van der Waals surface area contributed by atoms with Crippen LogP contribution < -0.4 is 0 Å². The van der Waals surface area contributed by atoms with Gasteiger partial charge in [0.25, 0.3) is 11.8 Å². The van der Waals surface area contributed by atoms with Crippen LogP contribution in [0, 0.1) is 0 Å². The van der Waals surface area contributed by atoms with E-state index < -0.39 is 49.1 Å². The summed E-state index contributed by atoms with van der Waals surface area (Å²) < 4.78 is 7.32. The number of aliphatic hydroxyl groups is 4. The number of aliphatic hydroxyl groups excluding tert-OH is 4. The smallest absolute Gasteiger partial charge is 0.277 e. The maximum absolute atomic E-state index is 13.9. The fourth-order valence-corrected chi connectivity index (χ4v) is 6.38. The molecule has 0 radical (unpaired) electrons. The molecular weight excluding hydrogens is 536 g/mol. The van der Waals surface area contributed by atoms with Crippen molar-refractivity contribution in [3.63, 3.8) is 0 Å². The summed E-state index contributed by atoms with van der Waals surface area (Å²) in [6.45, 7) is -0.680. The van der Waals surface area contributed by atoms with Gasteiger partial charge in [0.1, 0.15) is 35.9 Å². The molecule has 13 nitrogen and oxygen atoms in total. The van der Waals surface area contributed by atoms with Crippen LogP contribution in [0.5, 0.6) is 11.5 Å². The van der Waals surface area contributed by atoms with Crippen LogP contribution in [0.4, 0.5) is 0 Å². The number of rotatable bonds is 3. The van der Waals surface area contributed by atoms with E-state index in [1.165, 1.54) is 21.7 Å². The molecule has 0 spiro atoms. The van der Waals surface area contributed by atoms with Gasteiger partial charge in [-0.15, -0.1) is 0 Å². The number of hydrogen-bond acceptors (Lipinski definition) is 10. The minimum absolute atomic E-state index is 0.0504. The molecule has 7 N–H and O–H groups in total. The number of ether oxygens (including phenoxy) is 1. The first-order valence-electron chi connectivity index (χ1n) is 12.9. The number of aromatic nitrogens is 2. The molecule has 41 heavy (non-hydrogen) atoms. The Balaban J connectivity index is 1.73. The minimum Gasteiger partial charge on any atom is -0.506 e. The summed E-state index contributed by atoms with van der Waals surface area (Å²) in [6.07, 6.45) is -7.82. The number of aromatic amines is 1. The van der Waals surface area contributed by atoms with Gasteiger partial charge in [0.2, 0.25) is 0 Å². The minimum atomic E-state index is -1.73. The Kier molecular flexibility index (Phi) is 5.41. The van der Waals surface area contributed by atoms with Crippen molar-refractivity contribution < 1.29 is 45.0 Å². The maximum atomic E-state index is 13.9. The third kappa shape index (κ3) is 3.15. The van der Waals surface area contributed by atoms with Crippen LogP contribution in [-0.2, 0) is 4.74 Å². The fraction of sp³-hybridized carbons (Fsp3) is 0.286. The van der Waals surface area contributed by atoms with E-state index in [9.17, 15) is 40.2 Å². The standard InChI is InChI=1S/C28H26N4O9/c1-30(2)32-26(39)17-15-10-5-3-7-12(34)19(10)29-20(15)22-16(18(17)27(32)40)11-6-4-8-13(35)21(11)31(22)28-25(38)24(37)23(36)14(9-33)41-28/h3-8,14,23-25,28-29,33-38H,9H2,1-2H3/t14-,23-,24+,25-,28-/m1/s1. The predicted molar refractivity (Wildman–Crippen MR) is 145 cm³/mol. The Morgan fingerprint density at radius 3 is 2.12 bits per heavy atom. The zero-order valence-electron chi connectivity index (χ0n) is 21.8. The van der Waals surface area contributed by atoms with Crippen LogP contribution in [-0.4, -0.2) is 107 Å². The van der Waals surface area contributed by atoms with Crippen LogP contribution in [0.25, 0.3) is 43.6 Å². The molecule has 0 bridgehead atoms. The summed E-state index contributed by atoms with van der Waals surface area (Å²) in [5.41, 5.74) is 1.08. The average molecular weight is 563 g/mol. The Hall–Kier alpha value is -4.24. The van der Waals surface area contributed by atoms with Crippen molar-refractivity contribution >= 4 is 55.4 Å². The lowest BCUT2D eigenvalue weighted by Gasteiger charge is -2.41. The van der Waals surface area contributed by atoms with Gasteiger partial charge in [-0.25, -0.2) is 10.0 Å². The summed E-state index contributed by atoms with van der Waals surface area (Å²) in [6, 6.07) is 9.36. The highest BCUT2D eigenvalue weighted by atomic mass is 16.6. The highest BCUT2D eigenvalue weighted by Crippen LogP contribution is 2.49. The molecule has 212 valence electrons. The Morgan fingerprint density at radius 2 is 1.46 bits per heavy atom. The molecule has 5 atom stereocenters. The molecule has 1 fully saturated rings. The van der Waals surface area contributed by atoms with Crippen molar-refractivity contribution in [2.24, 2.45) is 0 Å². The van der Waals surface area contributed by atoms with Gasteiger partial charge in [-0.1, -0.05) is 24.3 Å². The molecule has 5 aromatic rings. The number of carbonyl (C=O) groups is 2. The third-order valence-corrected chi connectivity index (χ3v) is 8.14. The number of para-hydroxylation sites is 2. The largest absolute Gasteiger partial charge is 0.506 e. The summed E-state index contributed by atoms with van der Waals surface area (Å²) in [5.74, 6) is -1.56. The van der Waals surface area contributed by atoms with Gasteiger partial charge in [-0.2, -0.15) is 0 Å². The number of phenolic OH excluding ortho intramolecular Hbond substituents is 2. The zero-order chi connectivity index (χ0) is 29.1. The molecule has 2 aliphatic heterocycles. The second-order valence-corrected chi connectivity index (χ2v) is 10.6.